The highest BCUT2D eigenvalue weighted by atomic mass is 79.9. The number of hydrogen-bond acceptors (Lipinski definition) is 3. The Labute approximate surface area is 169 Å². The first-order valence-electron chi connectivity index (χ1n) is 8.47. The number of hydrogen-bond donors (Lipinski definition) is 0. The number of rotatable bonds is 4. The van der Waals surface area contributed by atoms with Gasteiger partial charge >= 0.3 is 0 Å². The van der Waals surface area contributed by atoms with Crippen molar-refractivity contribution in [3.63, 3.8) is 0 Å². The number of aromatic nitrogens is 1. The van der Waals surface area contributed by atoms with Crippen LogP contribution in [0.15, 0.2) is 71.5 Å². The van der Waals surface area contributed by atoms with Gasteiger partial charge in [0.25, 0.3) is 0 Å². The Morgan fingerprint density at radius 3 is 2.59 bits per heavy atom. The summed E-state index contributed by atoms with van der Waals surface area (Å²) < 4.78 is 14.2. The SMILES string of the molecule is O=C1CSC(c2cnccc2-c2ccc(Br)cc2)N1Cc1ccc(F)cc1. The average Bonchev–Trinajstić information content (AvgIpc) is 3.04. The van der Waals surface area contributed by atoms with E-state index in [-0.39, 0.29) is 17.1 Å². The molecule has 0 spiro atoms. The molecule has 1 amide bonds. The standard InChI is InChI=1S/C21H16BrFN2OS/c22-16-5-3-15(4-6-16)18-9-10-24-11-19(18)21-25(20(26)13-27-21)12-14-1-7-17(23)8-2-14/h1-11,21H,12-13H2. The molecule has 1 saturated heterocycles. The van der Waals surface area contributed by atoms with Gasteiger partial charge in [-0.15, -0.1) is 11.8 Å². The molecular formula is C21H16BrFN2OS. The van der Waals surface area contributed by atoms with Crippen LogP contribution >= 0.6 is 27.7 Å². The molecule has 0 N–H and O–H groups in total. The Morgan fingerprint density at radius 1 is 1.11 bits per heavy atom. The van der Waals surface area contributed by atoms with Crippen molar-refractivity contribution in [2.75, 3.05) is 5.75 Å². The Morgan fingerprint density at radius 2 is 1.85 bits per heavy atom. The van der Waals surface area contributed by atoms with Crippen molar-refractivity contribution < 1.29 is 9.18 Å². The molecule has 3 nitrogen and oxygen atoms in total. The van der Waals surface area contributed by atoms with Gasteiger partial charge in [0.2, 0.25) is 5.91 Å². The minimum Gasteiger partial charge on any atom is -0.321 e. The fourth-order valence-corrected chi connectivity index (χ4v) is 4.63. The Kier molecular flexibility index (Phi) is 5.27. The molecule has 0 radical (unpaired) electrons. The molecule has 1 aromatic heterocycles. The van der Waals surface area contributed by atoms with Crippen molar-refractivity contribution >= 4 is 33.6 Å². The molecule has 2 aromatic carbocycles. The van der Waals surface area contributed by atoms with E-state index in [0.29, 0.717) is 12.3 Å². The van der Waals surface area contributed by atoms with Crippen LogP contribution in [0.1, 0.15) is 16.5 Å². The summed E-state index contributed by atoms with van der Waals surface area (Å²) in [6.45, 7) is 0.450. The minimum absolute atomic E-state index is 0.0833. The summed E-state index contributed by atoms with van der Waals surface area (Å²) in [6, 6.07) is 16.4. The predicted molar refractivity (Wildman–Crippen MR) is 110 cm³/mol. The maximum atomic E-state index is 13.2. The third kappa shape index (κ3) is 3.92. The van der Waals surface area contributed by atoms with Crippen LogP contribution in [0.4, 0.5) is 4.39 Å². The van der Waals surface area contributed by atoms with Crippen LogP contribution < -0.4 is 0 Å². The highest BCUT2D eigenvalue weighted by Gasteiger charge is 2.34. The number of pyridine rings is 1. The second kappa shape index (κ2) is 7.82. The van der Waals surface area contributed by atoms with Gasteiger partial charge in [-0.05, 0) is 47.0 Å². The first kappa shape index (κ1) is 18.2. The summed E-state index contributed by atoms with van der Waals surface area (Å²) in [5.74, 6) is 0.239. The van der Waals surface area contributed by atoms with E-state index in [2.05, 4.69) is 33.0 Å². The molecule has 1 aliphatic heterocycles. The molecular weight excluding hydrogens is 427 g/mol. The van der Waals surface area contributed by atoms with E-state index in [1.54, 1.807) is 30.1 Å². The zero-order chi connectivity index (χ0) is 18.8. The maximum absolute atomic E-state index is 13.2. The van der Waals surface area contributed by atoms with Gasteiger partial charge in [0.1, 0.15) is 11.2 Å². The highest BCUT2D eigenvalue weighted by Crippen LogP contribution is 2.43. The smallest absolute Gasteiger partial charge is 0.234 e. The number of halogens is 2. The third-order valence-electron chi connectivity index (χ3n) is 4.51. The quantitative estimate of drug-likeness (QED) is 0.540. The molecule has 2 heterocycles. The molecule has 1 unspecified atom stereocenters. The largest absolute Gasteiger partial charge is 0.321 e. The fourth-order valence-electron chi connectivity index (χ4n) is 3.16. The van der Waals surface area contributed by atoms with Gasteiger partial charge in [0.05, 0.1) is 5.75 Å². The zero-order valence-electron chi connectivity index (χ0n) is 14.3. The molecule has 6 heteroatoms. The van der Waals surface area contributed by atoms with Crippen LogP contribution in [0.5, 0.6) is 0 Å². The van der Waals surface area contributed by atoms with Gasteiger partial charge in [-0.2, -0.15) is 0 Å². The number of amides is 1. The van der Waals surface area contributed by atoms with Gasteiger partial charge in [0.15, 0.2) is 0 Å². The van der Waals surface area contributed by atoms with Gasteiger partial charge < -0.3 is 4.90 Å². The lowest BCUT2D eigenvalue weighted by atomic mass is 10.0. The van der Waals surface area contributed by atoms with Crippen molar-refractivity contribution in [3.05, 3.63) is 88.4 Å². The van der Waals surface area contributed by atoms with Crippen molar-refractivity contribution in [2.45, 2.75) is 11.9 Å². The molecule has 1 fully saturated rings. The van der Waals surface area contributed by atoms with E-state index in [9.17, 15) is 9.18 Å². The van der Waals surface area contributed by atoms with Crippen molar-refractivity contribution in [1.29, 1.82) is 0 Å². The van der Waals surface area contributed by atoms with Crippen LogP contribution in [0.3, 0.4) is 0 Å². The molecule has 136 valence electrons. The minimum atomic E-state index is -0.276. The summed E-state index contributed by atoms with van der Waals surface area (Å²) in [4.78, 5) is 18.7. The first-order valence-corrected chi connectivity index (χ1v) is 10.3. The van der Waals surface area contributed by atoms with Crippen LogP contribution in [0.2, 0.25) is 0 Å². The van der Waals surface area contributed by atoms with Crippen LogP contribution in [0.25, 0.3) is 11.1 Å². The summed E-state index contributed by atoms with van der Waals surface area (Å²) in [5.41, 5.74) is 4.07. The lowest BCUT2D eigenvalue weighted by molar-refractivity contribution is -0.128. The number of carbonyl (C=O) groups excluding carboxylic acids is 1. The van der Waals surface area contributed by atoms with Crippen molar-refractivity contribution in [2.24, 2.45) is 0 Å². The Hall–Kier alpha value is -2.18. The van der Waals surface area contributed by atoms with Gasteiger partial charge in [-0.1, -0.05) is 40.2 Å². The lowest BCUT2D eigenvalue weighted by Gasteiger charge is -2.26. The monoisotopic (exact) mass is 442 g/mol. The maximum Gasteiger partial charge on any atom is 0.234 e. The number of nitrogens with zero attached hydrogens (tertiary/aromatic N) is 2. The van der Waals surface area contributed by atoms with Crippen molar-refractivity contribution in [1.82, 2.24) is 9.88 Å². The second-order valence-electron chi connectivity index (χ2n) is 6.28. The topological polar surface area (TPSA) is 33.2 Å². The number of thioether (sulfide) groups is 1. The first-order chi connectivity index (χ1) is 13.1. The van der Waals surface area contributed by atoms with Gasteiger partial charge in [0, 0.05) is 29.0 Å². The fraction of sp³-hybridized carbons (Fsp3) is 0.143. The summed E-state index contributed by atoms with van der Waals surface area (Å²) in [7, 11) is 0. The molecule has 1 aliphatic rings. The predicted octanol–water partition coefficient (Wildman–Crippen LogP) is 5.42. The van der Waals surface area contributed by atoms with E-state index in [0.717, 1.165) is 26.7 Å². The molecule has 1 atom stereocenters. The molecule has 27 heavy (non-hydrogen) atoms. The molecule has 4 rings (SSSR count). The zero-order valence-corrected chi connectivity index (χ0v) is 16.7. The summed E-state index contributed by atoms with van der Waals surface area (Å²) >= 11 is 5.07. The van der Waals surface area contributed by atoms with Crippen LogP contribution in [-0.2, 0) is 11.3 Å². The Bertz CT molecular complexity index is 963. The molecule has 0 saturated carbocycles. The van der Waals surface area contributed by atoms with E-state index in [1.165, 1.54) is 12.1 Å². The van der Waals surface area contributed by atoms with Crippen LogP contribution in [0, 0.1) is 5.82 Å². The average molecular weight is 443 g/mol. The lowest BCUT2D eigenvalue weighted by Crippen LogP contribution is -2.28. The normalized spacial score (nSPS) is 16.7. The molecule has 3 aromatic rings. The second-order valence-corrected chi connectivity index (χ2v) is 8.27. The third-order valence-corrected chi connectivity index (χ3v) is 6.27. The summed E-state index contributed by atoms with van der Waals surface area (Å²) in [6.07, 6.45) is 3.61. The highest BCUT2D eigenvalue weighted by molar-refractivity contribution is 9.10. The van der Waals surface area contributed by atoms with E-state index in [4.69, 9.17) is 0 Å². The van der Waals surface area contributed by atoms with Gasteiger partial charge in [-0.25, -0.2) is 4.39 Å². The molecule has 0 bridgehead atoms. The number of benzene rings is 2. The Balaban J connectivity index is 1.68. The number of carbonyl (C=O) groups is 1. The molecule has 0 aliphatic carbocycles. The van der Waals surface area contributed by atoms with Crippen molar-refractivity contribution in [3.8, 4) is 11.1 Å². The van der Waals surface area contributed by atoms with Gasteiger partial charge in [-0.3, -0.25) is 9.78 Å². The summed E-state index contributed by atoms with van der Waals surface area (Å²) in [5, 5.41) is -0.116. The van der Waals surface area contributed by atoms with E-state index >= 15 is 0 Å². The van der Waals surface area contributed by atoms with Crippen LogP contribution in [-0.4, -0.2) is 21.5 Å². The van der Waals surface area contributed by atoms with E-state index in [1.807, 2.05) is 29.3 Å². The van der Waals surface area contributed by atoms with E-state index < -0.39 is 0 Å².